The zero-order chi connectivity index (χ0) is 24.2. The number of aromatic nitrogens is 2. The van der Waals surface area contributed by atoms with Gasteiger partial charge in [0.05, 0.1) is 5.52 Å². The highest BCUT2D eigenvalue weighted by Gasteiger charge is 2.18. The molecular formula is C27H28ClN3O2S2. The van der Waals surface area contributed by atoms with E-state index in [0.29, 0.717) is 46.1 Å². The summed E-state index contributed by atoms with van der Waals surface area (Å²) in [6.45, 7) is 0.464. The Bertz CT molecular complexity index is 1410. The normalized spacial score (nSPS) is 14.5. The minimum absolute atomic E-state index is 0.0301. The molecule has 2 aromatic heterocycles. The largest absolute Gasteiger partial charge is 0.353 e. The number of carbonyl (C=O) groups excluding carboxylic acids is 1. The molecule has 1 fully saturated rings. The molecule has 1 aliphatic rings. The Morgan fingerprint density at radius 3 is 2.80 bits per heavy atom. The van der Waals surface area contributed by atoms with E-state index in [9.17, 15) is 9.59 Å². The predicted molar refractivity (Wildman–Crippen MR) is 147 cm³/mol. The Morgan fingerprint density at radius 2 is 1.97 bits per heavy atom. The highest BCUT2D eigenvalue weighted by molar-refractivity contribution is 7.98. The number of fused-ring (bicyclic) bond motifs is 3. The number of thiophene rings is 1. The Morgan fingerprint density at radius 1 is 1.14 bits per heavy atom. The van der Waals surface area contributed by atoms with E-state index in [1.54, 1.807) is 4.57 Å². The maximum Gasteiger partial charge on any atom is 0.272 e. The number of benzene rings is 2. The van der Waals surface area contributed by atoms with Gasteiger partial charge in [0.1, 0.15) is 4.70 Å². The van der Waals surface area contributed by atoms with Crippen LogP contribution in [0.15, 0.2) is 58.5 Å². The van der Waals surface area contributed by atoms with E-state index >= 15 is 0 Å². The third kappa shape index (κ3) is 5.74. The van der Waals surface area contributed by atoms with Crippen LogP contribution in [0.4, 0.5) is 0 Å². The highest BCUT2D eigenvalue weighted by Crippen LogP contribution is 2.32. The van der Waals surface area contributed by atoms with Gasteiger partial charge in [0.2, 0.25) is 5.91 Å². The van der Waals surface area contributed by atoms with Gasteiger partial charge in [-0.3, -0.25) is 14.2 Å². The number of amides is 1. The van der Waals surface area contributed by atoms with Crippen molar-refractivity contribution >= 4 is 60.9 Å². The first-order chi connectivity index (χ1) is 17.1. The SMILES string of the molecule is O=C(CCCn1c(SCc2cccc(Cl)c2)nc2c(sc3ccccc32)c1=O)NC1CCCCC1. The van der Waals surface area contributed by atoms with Crippen molar-refractivity contribution in [3.05, 3.63) is 69.5 Å². The molecule has 1 N–H and O–H groups in total. The van der Waals surface area contributed by atoms with E-state index < -0.39 is 0 Å². The van der Waals surface area contributed by atoms with E-state index in [1.165, 1.54) is 42.4 Å². The molecule has 0 radical (unpaired) electrons. The molecule has 35 heavy (non-hydrogen) atoms. The number of nitrogens with one attached hydrogen (secondary N) is 1. The summed E-state index contributed by atoms with van der Waals surface area (Å²) in [4.78, 5) is 31.0. The first kappa shape index (κ1) is 24.3. The van der Waals surface area contributed by atoms with Crippen LogP contribution in [0.1, 0.15) is 50.5 Å². The molecule has 0 aliphatic heterocycles. The predicted octanol–water partition coefficient (Wildman–Crippen LogP) is 6.79. The standard InChI is InChI=1S/C27H28ClN3O2S2/c28-19-9-6-8-18(16-19)17-34-27-30-24-21-12-4-5-13-22(21)35-25(24)26(33)31(27)15-7-14-23(32)29-20-10-2-1-3-11-20/h4-6,8-9,12-13,16,20H,1-3,7,10-11,14-15,17H2,(H,29,32). The number of hydrogen-bond acceptors (Lipinski definition) is 5. The van der Waals surface area contributed by atoms with Crippen LogP contribution in [-0.4, -0.2) is 21.5 Å². The molecule has 8 heteroatoms. The van der Waals surface area contributed by atoms with Gasteiger partial charge < -0.3 is 5.32 Å². The summed E-state index contributed by atoms with van der Waals surface area (Å²) in [6.07, 6.45) is 6.79. The maximum atomic E-state index is 13.6. The van der Waals surface area contributed by atoms with Crippen molar-refractivity contribution in [2.24, 2.45) is 0 Å². The van der Waals surface area contributed by atoms with Gasteiger partial charge >= 0.3 is 0 Å². The minimum Gasteiger partial charge on any atom is -0.353 e. The Balaban J connectivity index is 1.38. The molecule has 5 rings (SSSR count). The van der Waals surface area contributed by atoms with Crippen LogP contribution in [-0.2, 0) is 17.1 Å². The highest BCUT2D eigenvalue weighted by atomic mass is 35.5. The summed E-state index contributed by atoms with van der Waals surface area (Å²) >= 11 is 9.19. The minimum atomic E-state index is -0.0301. The van der Waals surface area contributed by atoms with Crippen molar-refractivity contribution in [3.8, 4) is 0 Å². The van der Waals surface area contributed by atoms with Crippen molar-refractivity contribution in [1.82, 2.24) is 14.9 Å². The number of halogens is 1. The van der Waals surface area contributed by atoms with Gasteiger partial charge in [0.25, 0.3) is 5.56 Å². The van der Waals surface area contributed by atoms with E-state index in [0.717, 1.165) is 34.0 Å². The summed E-state index contributed by atoms with van der Waals surface area (Å²) in [6, 6.07) is 16.1. The van der Waals surface area contributed by atoms with Gasteiger partial charge in [-0.25, -0.2) is 4.98 Å². The second-order valence-electron chi connectivity index (χ2n) is 9.05. The number of nitrogens with zero attached hydrogens (tertiary/aromatic N) is 2. The lowest BCUT2D eigenvalue weighted by atomic mass is 9.95. The first-order valence-corrected chi connectivity index (χ1v) is 14.3. The topological polar surface area (TPSA) is 64.0 Å². The Kier molecular flexibility index (Phi) is 7.75. The third-order valence-electron chi connectivity index (χ3n) is 6.46. The van der Waals surface area contributed by atoms with Gasteiger partial charge in [-0.1, -0.05) is 73.0 Å². The second kappa shape index (κ2) is 11.1. The molecule has 2 heterocycles. The zero-order valence-corrected chi connectivity index (χ0v) is 21.9. The smallest absolute Gasteiger partial charge is 0.272 e. The fraction of sp³-hybridized carbons (Fsp3) is 0.370. The van der Waals surface area contributed by atoms with Crippen molar-refractivity contribution in [3.63, 3.8) is 0 Å². The molecule has 182 valence electrons. The summed E-state index contributed by atoms with van der Waals surface area (Å²) in [5, 5.41) is 5.55. The molecule has 0 unspecified atom stereocenters. The molecule has 0 bridgehead atoms. The maximum absolute atomic E-state index is 13.6. The molecule has 0 spiro atoms. The van der Waals surface area contributed by atoms with Crippen molar-refractivity contribution in [2.45, 2.75) is 68.4 Å². The molecule has 4 aromatic rings. The van der Waals surface area contributed by atoms with Gasteiger partial charge in [0, 0.05) is 39.9 Å². The van der Waals surface area contributed by atoms with Crippen LogP contribution in [0.3, 0.4) is 0 Å². The van der Waals surface area contributed by atoms with Crippen LogP contribution in [0.2, 0.25) is 5.02 Å². The molecule has 1 aliphatic carbocycles. The summed E-state index contributed by atoms with van der Waals surface area (Å²) in [5.41, 5.74) is 1.80. The Hall–Kier alpha value is -2.35. The number of rotatable bonds is 8. The van der Waals surface area contributed by atoms with Crippen molar-refractivity contribution in [1.29, 1.82) is 0 Å². The number of thioether (sulfide) groups is 1. The number of carbonyl (C=O) groups is 1. The quantitative estimate of drug-likeness (QED) is 0.203. The Labute approximate surface area is 217 Å². The van der Waals surface area contributed by atoms with E-state index in [1.807, 2.05) is 48.5 Å². The van der Waals surface area contributed by atoms with Gasteiger partial charge in [-0.2, -0.15) is 0 Å². The van der Waals surface area contributed by atoms with Crippen LogP contribution in [0, 0.1) is 0 Å². The fourth-order valence-electron chi connectivity index (χ4n) is 4.68. The average Bonchev–Trinajstić information content (AvgIpc) is 3.24. The number of hydrogen-bond donors (Lipinski definition) is 1. The molecular weight excluding hydrogens is 498 g/mol. The van der Waals surface area contributed by atoms with E-state index in [-0.39, 0.29) is 11.5 Å². The molecule has 1 amide bonds. The monoisotopic (exact) mass is 525 g/mol. The lowest BCUT2D eigenvalue weighted by Crippen LogP contribution is -2.36. The summed E-state index contributed by atoms with van der Waals surface area (Å²) < 4.78 is 3.48. The van der Waals surface area contributed by atoms with E-state index in [2.05, 4.69) is 5.32 Å². The molecule has 1 saturated carbocycles. The lowest BCUT2D eigenvalue weighted by molar-refractivity contribution is -0.122. The molecule has 2 aromatic carbocycles. The van der Waals surface area contributed by atoms with Crippen LogP contribution in [0.5, 0.6) is 0 Å². The van der Waals surface area contributed by atoms with E-state index in [4.69, 9.17) is 16.6 Å². The third-order valence-corrected chi connectivity index (χ3v) is 8.89. The zero-order valence-electron chi connectivity index (χ0n) is 19.5. The van der Waals surface area contributed by atoms with Crippen LogP contribution in [0.25, 0.3) is 20.3 Å². The second-order valence-corrected chi connectivity index (χ2v) is 11.5. The fourth-order valence-corrected chi connectivity index (χ4v) is 6.94. The summed E-state index contributed by atoms with van der Waals surface area (Å²) in [5.74, 6) is 0.733. The first-order valence-electron chi connectivity index (χ1n) is 12.2. The van der Waals surface area contributed by atoms with Crippen molar-refractivity contribution < 1.29 is 4.79 Å². The van der Waals surface area contributed by atoms with Crippen LogP contribution >= 0.6 is 34.7 Å². The van der Waals surface area contributed by atoms with Crippen molar-refractivity contribution in [2.75, 3.05) is 0 Å². The van der Waals surface area contributed by atoms with Crippen LogP contribution < -0.4 is 10.9 Å². The molecule has 0 saturated heterocycles. The van der Waals surface area contributed by atoms with Gasteiger partial charge in [-0.15, -0.1) is 11.3 Å². The average molecular weight is 526 g/mol. The molecule has 5 nitrogen and oxygen atoms in total. The lowest BCUT2D eigenvalue weighted by Gasteiger charge is -2.22. The summed E-state index contributed by atoms with van der Waals surface area (Å²) in [7, 11) is 0. The van der Waals surface area contributed by atoms with Gasteiger partial charge in [0.15, 0.2) is 5.16 Å². The molecule has 0 atom stereocenters. The van der Waals surface area contributed by atoms with Gasteiger partial charge in [-0.05, 0) is 43.0 Å².